The Morgan fingerprint density at radius 2 is 1.88 bits per heavy atom. The summed E-state index contributed by atoms with van der Waals surface area (Å²) in [5.41, 5.74) is 0.289. The number of unbranched alkanes of at least 4 members (excludes halogenated alkanes) is 2. The summed E-state index contributed by atoms with van der Waals surface area (Å²) in [6.07, 6.45) is 10.4. The van der Waals surface area contributed by atoms with E-state index in [1.807, 2.05) is 0 Å². The highest BCUT2D eigenvalue weighted by Gasteiger charge is 2.44. The van der Waals surface area contributed by atoms with Gasteiger partial charge in [0.1, 0.15) is 0 Å². The van der Waals surface area contributed by atoms with Crippen molar-refractivity contribution < 1.29 is 4.74 Å². The molecule has 2 nitrogen and oxygen atoms in total. The Hall–Kier alpha value is -0.0800. The SMILES string of the molecule is CCCCCC1(C)CNCC2(CCCC2)O1. The Kier molecular flexibility index (Phi) is 3.91. The van der Waals surface area contributed by atoms with E-state index in [1.165, 1.54) is 51.4 Å². The van der Waals surface area contributed by atoms with Gasteiger partial charge in [0.05, 0.1) is 11.2 Å². The smallest absolute Gasteiger partial charge is 0.0814 e. The fourth-order valence-corrected chi connectivity index (χ4v) is 3.34. The summed E-state index contributed by atoms with van der Waals surface area (Å²) in [6, 6.07) is 0. The van der Waals surface area contributed by atoms with Crippen molar-refractivity contribution in [2.24, 2.45) is 0 Å². The molecule has 1 aliphatic heterocycles. The summed E-state index contributed by atoms with van der Waals surface area (Å²) in [4.78, 5) is 0. The summed E-state index contributed by atoms with van der Waals surface area (Å²) in [7, 11) is 0. The molecule has 0 aromatic carbocycles. The molecule has 1 heterocycles. The molecule has 1 saturated carbocycles. The normalized spacial score (nSPS) is 33.4. The summed E-state index contributed by atoms with van der Waals surface area (Å²) >= 11 is 0. The largest absolute Gasteiger partial charge is 0.366 e. The molecule has 2 rings (SSSR count). The topological polar surface area (TPSA) is 21.3 Å². The maximum absolute atomic E-state index is 6.51. The molecular formula is C14H27NO. The van der Waals surface area contributed by atoms with Gasteiger partial charge >= 0.3 is 0 Å². The van der Waals surface area contributed by atoms with Crippen LogP contribution in [0.3, 0.4) is 0 Å². The third-order valence-corrected chi connectivity index (χ3v) is 4.23. The maximum atomic E-state index is 6.51. The van der Waals surface area contributed by atoms with Crippen LogP contribution in [-0.4, -0.2) is 24.3 Å². The number of morpholine rings is 1. The highest BCUT2D eigenvalue weighted by atomic mass is 16.5. The van der Waals surface area contributed by atoms with Crippen molar-refractivity contribution in [3.05, 3.63) is 0 Å². The Balaban J connectivity index is 1.89. The third-order valence-electron chi connectivity index (χ3n) is 4.23. The van der Waals surface area contributed by atoms with Gasteiger partial charge in [-0.05, 0) is 26.2 Å². The first kappa shape index (κ1) is 12.4. The van der Waals surface area contributed by atoms with Crippen molar-refractivity contribution in [2.45, 2.75) is 76.4 Å². The first-order chi connectivity index (χ1) is 7.68. The predicted molar refractivity (Wildman–Crippen MR) is 67.7 cm³/mol. The predicted octanol–water partition coefficient (Wildman–Crippen LogP) is 3.26. The van der Waals surface area contributed by atoms with Crippen molar-refractivity contribution in [3.63, 3.8) is 0 Å². The zero-order valence-corrected chi connectivity index (χ0v) is 11.0. The molecule has 1 aliphatic carbocycles. The van der Waals surface area contributed by atoms with Crippen molar-refractivity contribution in [1.82, 2.24) is 5.32 Å². The lowest BCUT2D eigenvalue weighted by atomic mass is 9.91. The van der Waals surface area contributed by atoms with Gasteiger partial charge in [0.15, 0.2) is 0 Å². The van der Waals surface area contributed by atoms with Crippen LogP contribution < -0.4 is 5.32 Å². The standard InChI is InChI=1S/C14H27NO/c1-3-4-5-8-13(2)11-15-12-14(16-13)9-6-7-10-14/h15H,3-12H2,1-2H3. The summed E-state index contributed by atoms with van der Waals surface area (Å²) in [6.45, 7) is 6.69. The van der Waals surface area contributed by atoms with Gasteiger partial charge in [-0.2, -0.15) is 0 Å². The number of hydrogen-bond acceptors (Lipinski definition) is 2. The Morgan fingerprint density at radius 3 is 2.56 bits per heavy atom. The molecule has 2 aliphatic rings. The highest BCUT2D eigenvalue weighted by molar-refractivity contribution is 4.97. The van der Waals surface area contributed by atoms with Gasteiger partial charge in [-0.15, -0.1) is 0 Å². The lowest BCUT2D eigenvalue weighted by Gasteiger charge is -2.46. The molecule has 0 amide bonds. The van der Waals surface area contributed by atoms with E-state index in [0.717, 1.165) is 13.1 Å². The van der Waals surface area contributed by atoms with E-state index in [0.29, 0.717) is 0 Å². The van der Waals surface area contributed by atoms with Crippen molar-refractivity contribution in [2.75, 3.05) is 13.1 Å². The Labute approximate surface area is 100 Å². The van der Waals surface area contributed by atoms with Gasteiger partial charge in [0.25, 0.3) is 0 Å². The quantitative estimate of drug-likeness (QED) is 0.742. The lowest BCUT2D eigenvalue weighted by Crippen LogP contribution is -2.58. The van der Waals surface area contributed by atoms with E-state index < -0.39 is 0 Å². The zero-order chi connectivity index (χ0) is 11.5. The van der Waals surface area contributed by atoms with E-state index in [4.69, 9.17) is 4.74 Å². The van der Waals surface area contributed by atoms with Crippen LogP contribution in [-0.2, 0) is 4.74 Å². The second-order valence-corrected chi connectivity index (χ2v) is 6.00. The van der Waals surface area contributed by atoms with E-state index in [-0.39, 0.29) is 11.2 Å². The minimum atomic E-state index is 0.0950. The Bertz CT molecular complexity index is 223. The van der Waals surface area contributed by atoms with Crippen LogP contribution in [0.25, 0.3) is 0 Å². The molecule has 2 fully saturated rings. The van der Waals surface area contributed by atoms with Crippen molar-refractivity contribution in [1.29, 1.82) is 0 Å². The van der Waals surface area contributed by atoms with Crippen LogP contribution >= 0.6 is 0 Å². The molecule has 1 saturated heterocycles. The number of rotatable bonds is 4. The molecule has 94 valence electrons. The minimum absolute atomic E-state index is 0.0950. The molecule has 1 spiro atoms. The lowest BCUT2D eigenvalue weighted by molar-refractivity contribution is -0.170. The number of nitrogens with one attached hydrogen (secondary N) is 1. The molecule has 1 N–H and O–H groups in total. The second-order valence-electron chi connectivity index (χ2n) is 6.00. The van der Waals surface area contributed by atoms with E-state index in [9.17, 15) is 0 Å². The number of hydrogen-bond donors (Lipinski definition) is 1. The van der Waals surface area contributed by atoms with Crippen molar-refractivity contribution in [3.8, 4) is 0 Å². The van der Waals surface area contributed by atoms with E-state index in [1.54, 1.807) is 0 Å². The Morgan fingerprint density at radius 1 is 1.12 bits per heavy atom. The van der Waals surface area contributed by atoms with Crippen molar-refractivity contribution >= 4 is 0 Å². The van der Waals surface area contributed by atoms with Gasteiger partial charge < -0.3 is 10.1 Å². The van der Waals surface area contributed by atoms with E-state index >= 15 is 0 Å². The van der Waals surface area contributed by atoms with Gasteiger partial charge in [0.2, 0.25) is 0 Å². The zero-order valence-electron chi connectivity index (χ0n) is 11.0. The average Bonchev–Trinajstić information content (AvgIpc) is 2.66. The molecule has 0 aromatic heterocycles. The first-order valence-corrected chi connectivity index (χ1v) is 7.09. The van der Waals surface area contributed by atoms with Gasteiger partial charge in [-0.3, -0.25) is 0 Å². The maximum Gasteiger partial charge on any atom is 0.0814 e. The van der Waals surface area contributed by atoms with Crippen LogP contribution in [0.15, 0.2) is 0 Å². The summed E-state index contributed by atoms with van der Waals surface area (Å²) in [5.74, 6) is 0. The molecule has 0 aromatic rings. The fraction of sp³-hybridized carbons (Fsp3) is 1.00. The highest BCUT2D eigenvalue weighted by Crippen LogP contribution is 2.39. The molecule has 2 heteroatoms. The molecule has 0 bridgehead atoms. The molecule has 1 atom stereocenters. The first-order valence-electron chi connectivity index (χ1n) is 7.09. The molecule has 16 heavy (non-hydrogen) atoms. The van der Waals surface area contributed by atoms with Crippen LogP contribution in [0, 0.1) is 0 Å². The minimum Gasteiger partial charge on any atom is -0.366 e. The summed E-state index contributed by atoms with van der Waals surface area (Å²) in [5, 5.41) is 3.61. The second kappa shape index (κ2) is 5.05. The van der Waals surface area contributed by atoms with Crippen LogP contribution in [0.4, 0.5) is 0 Å². The molecular weight excluding hydrogens is 198 g/mol. The molecule has 1 unspecified atom stereocenters. The van der Waals surface area contributed by atoms with Gasteiger partial charge in [-0.25, -0.2) is 0 Å². The van der Waals surface area contributed by atoms with Crippen LogP contribution in [0.2, 0.25) is 0 Å². The average molecular weight is 225 g/mol. The fourth-order valence-electron chi connectivity index (χ4n) is 3.34. The van der Waals surface area contributed by atoms with Crippen LogP contribution in [0.1, 0.15) is 65.2 Å². The third kappa shape index (κ3) is 2.78. The van der Waals surface area contributed by atoms with Gasteiger partial charge in [0, 0.05) is 13.1 Å². The van der Waals surface area contributed by atoms with Crippen LogP contribution in [0.5, 0.6) is 0 Å². The number of ether oxygens (including phenoxy) is 1. The van der Waals surface area contributed by atoms with E-state index in [2.05, 4.69) is 19.2 Å². The molecule has 0 radical (unpaired) electrons. The monoisotopic (exact) mass is 225 g/mol. The summed E-state index contributed by atoms with van der Waals surface area (Å²) < 4.78 is 6.51. The van der Waals surface area contributed by atoms with Gasteiger partial charge in [-0.1, -0.05) is 39.0 Å².